The van der Waals surface area contributed by atoms with Crippen molar-refractivity contribution in [1.82, 2.24) is 9.55 Å². The summed E-state index contributed by atoms with van der Waals surface area (Å²) in [7, 11) is 0. The predicted octanol–water partition coefficient (Wildman–Crippen LogP) is 3.17. The normalized spacial score (nSPS) is 16.2. The average Bonchev–Trinajstić information content (AvgIpc) is 2.99. The second-order valence-electron chi connectivity index (χ2n) is 6.32. The number of carbonyl (C=O) groups excluding carboxylic acids is 2. The highest BCUT2D eigenvalue weighted by molar-refractivity contribution is 6.00. The molecule has 1 aliphatic rings. The van der Waals surface area contributed by atoms with Crippen molar-refractivity contribution >= 4 is 28.9 Å². The Kier molecular flexibility index (Phi) is 4.16. The fourth-order valence-corrected chi connectivity index (χ4v) is 3.29. The van der Waals surface area contributed by atoms with Crippen LogP contribution in [0.25, 0.3) is 11.0 Å². The molecular weight excluding hydrogens is 330 g/mol. The van der Waals surface area contributed by atoms with Gasteiger partial charge in [0, 0.05) is 13.0 Å². The van der Waals surface area contributed by atoms with Gasteiger partial charge in [-0.1, -0.05) is 37.3 Å². The maximum Gasteiger partial charge on any atom is 0.339 e. The molecule has 132 valence electrons. The number of esters is 1. The van der Waals surface area contributed by atoms with Crippen LogP contribution in [0.2, 0.25) is 0 Å². The Balaban J connectivity index is 1.60. The fraction of sp³-hybridized carbons (Fsp3) is 0.250. The Hall–Kier alpha value is -3.15. The van der Waals surface area contributed by atoms with Crippen LogP contribution in [0.1, 0.15) is 29.3 Å². The molecule has 0 aliphatic carbocycles. The van der Waals surface area contributed by atoms with Crippen LogP contribution < -0.4 is 5.32 Å². The zero-order valence-electron chi connectivity index (χ0n) is 14.4. The number of carbonyl (C=O) groups is 2. The van der Waals surface area contributed by atoms with E-state index in [2.05, 4.69) is 17.2 Å². The minimum absolute atomic E-state index is 0.361. The molecule has 1 aromatic heterocycles. The van der Waals surface area contributed by atoms with Crippen LogP contribution in [0, 0.1) is 0 Å². The van der Waals surface area contributed by atoms with Crippen molar-refractivity contribution in [1.29, 1.82) is 0 Å². The van der Waals surface area contributed by atoms with Gasteiger partial charge in [0.2, 0.25) is 5.95 Å². The van der Waals surface area contributed by atoms with Gasteiger partial charge in [0.15, 0.2) is 6.10 Å². The molecule has 0 unspecified atom stereocenters. The van der Waals surface area contributed by atoms with Crippen LogP contribution in [-0.2, 0) is 22.5 Å². The highest BCUT2D eigenvalue weighted by Crippen LogP contribution is 2.23. The molecule has 2 heterocycles. The first-order valence-electron chi connectivity index (χ1n) is 8.72. The van der Waals surface area contributed by atoms with E-state index in [4.69, 9.17) is 4.74 Å². The van der Waals surface area contributed by atoms with Crippen LogP contribution in [0.3, 0.4) is 0 Å². The maximum atomic E-state index is 12.7. The monoisotopic (exact) mass is 349 g/mol. The number of anilines is 1. The molecule has 6 nitrogen and oxygen atoms in total. The smallest absolute Gasteiger partial charge is 0.339 e. The van der Waals surface area contributed by atoms with Crippen molar-refractivity contribution in [2.75, 3.05) is 5.32 Å². The summed E-state index contributed by atoms with van der Waals surface area (Å²) in [4.78, 5) is 29.4. The van der Waals surface area contributed by atoms with E-state index < -0.39 is 12.1 Å². The van der Waals surface area contributed by atoms with E-state index in [0.29, 0.717) is 17.9 Å². The summed E-state index contributed by atoms with van der Waals surface area (Å²) in [6.45, 7) is 2.81. The third kappa shape index (κ3) is 2.83. The SMILES string of the molecule is CCCn1c(NC(=O)[C@H]2Cc3ccccc3C(=O)O2)nc2ccccc21. The Bertz CT molecular complexity index is 993. The summed E-state index contributed by atoms with van der Waals surface area (Å²) in [6.07, 6.45) is 0.420. The first-order chi connectivity index (χ1) is 12.7. The molecule has 1 N–H and O–H groups in total. The van der Waals surface area contributed by atoms with E-state index in [1.165, 1.54) is 0 Å². The molecule has 1 aliphatic heterocycles. The van der Waals surface area contributed by atoms with Crippen LogP contribution in [0.15, 0.2) is 48.5 Å². The Labute approximate surface area is 150 Å². The standard InChI is InChI=1S/C20H19N3O3/c1-2-11-23-16-10-6-5-9-15(16)21-20(23)22-18(24)17-12-13-7-3-4-8-14(13)19(25)26-17/h3-10,17H,2,11-12H2,1H3,(H,21,22,24)/t17-/m1/s1. The van der Waals surface area contributed by atoms with E-state index in [0.717, 1.165) is 29.6 Å². The lowest BCUT2D eigenvalue weighted by molar-refractivity contribution is -0.125. The van der Waals surface area contributed by atoms with Gasteiger partial charge >= 0.3 is 5.97 Å². The van der Waals surface area contributed by atoms with Gasteiger partial charge in [0.25, 0.3) is 5.91 Å². The lowest BCUT2D eigenvalue weighted by Gasteiger charge is -2.23. The van der Waals surface area contributed by atoms with E-state index in [1.54, 1.807) is 12.1 Å². The molecule has 0 fully saturated rings. The summed E-state index contributed by atoms with van der Waals surface area (Å²) in [5.74, 6) is -0.345. The van der Waals surface area contributed by atoms with E-state index >= 15 is 0 Å². The molecule has 3 aromatic rings. The predicted molar refractivity (Wildman–Crippen MR) is 98.0 cm³/mol. The molecule has 0 saturated heterocycles. The van der Waals surface area contributed by atoms with Gasteiger partial charge in [-0.3, -0.25) is 10.1 Å². The molecule has 26 heavy (non-hydrogen) atoms. The number of aromatic nitrogens is 2. The first-order valence-corrected chi connectivity index (χ1v) is 8.72. The minimum Gasteiger partial charge on any atom is -0.448 e. The summed E-state index contributed by atoms with van der Waals surface area (Å²) in [5.41, 5.74) is 3.14. The van der Waals surface area contributed by atoms with Gasteiger partial charge in [-0.2, -0.15) is 0 Å². The van der Waals surface area contributed by atoms with Crippen molar-refractivity contribution in [3.63, 3.8) is 0 Å². The van der Waals surface area contributed by atoms with Gasteiger partial charge in [0.1, 0.15) is 0 Å². The number of hydrogen-bond donors (Lipinski definition) is 1. The van der Waals surface area contributed by atoms with Gasteiger partial charge < -0.3 is 9.30 Å². The molecule has 1 amide bonds. The number of benzene rings is 2. The highest BCUT2D eigenvalue weighted by Gasteiger charge is 2.31. The van der Waals surface area contributed by atoms with Crippen LogP contribution >= 0.6 is 0 Å². The number of imidazole rings is 1. The third-order valence-electron chi connectivity index (χ3n) is 4.52. The largest absolute Gasteiger partial charge is 0.448 e. The van der Waals surface area contributed by atoms with E-state index in [9.17, 15) is 9.59 Å². The fourth-order valence-electron chi connectivity index (χ4n) is 3.29. The summed E-state index contributed by atoms with van der Waals surface area (Å²) in [5, 5.41) is 2.84. The number of cyclic esters (lactones) is 1. The van der Waals surface area contributed by atoms with Crippen molar-refractivity contribution < 1.29 is 14.3 Å². The Morgan fingerprint density at radius 3 is 2.85 bits per heavy atom. The van der Waals surface area contributed by atoms with Crippen molar-refractivity contribution in [2.24, 2.45) is 0 Å². The molecule has 0 saturated carbocycles. The molecule has 4 rings (SSSR count). The zero-order chi connectivity index (χ0) is 18.1. The number of para-hydroxylation sites is 2. The van der Waals surface area contributed by atoms with Crippen molar-refractivity contribution in [2.45, 2.75) is 32.4 Å². The first kappa shape index (κ1) is 16.3. The zero-order valence-corrected chi connectivity index (χ0v) is 14.4. The van der Waals surface area contributed by atoms with Gasteiger partial charge in [-0.25, -0.2) is 9.78 Å². The lowest BCUT2D eigenvalue weighted by atomic mass is 9.98. The molecule has 6 heteroatoms. The summed E-state index contributed by atoms with van der Waals surface area (Å²) < 4.78 is 7.31. The molecule has 2 aromatic carbocycles. The topological polar surface area (TPSA) is 73.2 Å². The van der Waals surface area contributed by atoms with Crippen molar-refractivity contribution in [3.05, 3.63) is 59.7 Å². The number of aryl methyl sites for hydroxylation is 1. The number of hydrogen-bond acceptors (Lipinski definition) is 4. The van der Waals surface area contributed by atoms with Gasteiger partial charge in [-0.05, 0) is 30.2 Å². The molecule has 1 atom stereocenters. The number of nitrogens with one attached hydrogen (secondary N) is 1. The number of amides is 1. The van der Waals surface area contributed by atoms with Gasteiger partial charge in [0.05, 0.1) is 16.6 Å². The summed E-state index contributed by atoms with van der Waals surface area (Å²) >= 11 is 0. The van der Waals surface area contributed by atoms with Crippen LogP contribution in [0.5, 0.6) is 0 Å². The Morgan fingerprint density at radius 2 is 2.00 bits per heavy atom. The van der Waals surface area contributed by atoms with Crippen LogP contribution in [0.4, 0.5) is 5.95 Å². The molecule has 0 radical (unpaired) electrons. The van der Waals surface area contributed by atoms with E-state index in [-0.39, 0.29) is 5.91 Å². The molecule has 0 bridgehead atoms. The maximum absolute atomic E-state index is 12.7. The average molecular weight is 349 g/mol. The second-order valence-corrected chi connectivity index (χ2v) is 6.32. The highest BCUT2D eigenvalue weighted by atomic mass is 16.5. The molecule has 0 spiro atoms. The van der Waals surface area contributed by atoms with Crippen LogP contribution in [-0.4, -0.2) is 27.5 Å². The second kappa shape index (κ2) is 6.63. The quantitative estimate of drug-likeness (QED) is 0.734. The molecular formula is C20H19N3O3. The van der Waals surface area contributed by atoms with E-state index in [1.807, 2.05) is 41.0 Å². The van der Waals surface area contributed by atoms with Crippen molar-refractivity contribution in [3.8, 4) is 0 Å². The lowest BCUT2D eigenvalue weighted by Crippen LogP contribution is -2.38. The number of rotatable bonds is 4. The van der Waals surface area contributed by atoms with Gasteiger partial charge in [-0.15, -0.1) is 0 Å². The third-order valence-corrected chi connectivity index (χ3v) is 4.52. The minimum atomic E-state index is -0.854. The number of nitrogens with zero attached hydrogens (tertiary/aromatic N) is 2. The summed E-state index contributed by atoms with van der Waals surface area (Å²) in [6, 6.07) is 15.0. The number of fused-ring (bicyclic) bond motifs is 2. The number of ether oxygens (including phenoxy) is 1. The Morgan fingerprint density at radius 1 is 1.23 bits per heavy atom.